The summed E-state index contributed by atoms with van der Waals surface area (Å²) in [6.07, 6.45) is 0. The van der Waals surface area contributed by atoms with Crippen LogP contribution in [0.15, 0.2) is 40.9 Å². The first kappa shape index (κ1) is 15.2. The average Bonchev–Trinajstić information content (AvgIpc) is 2.48. The van der Waals surface area contributed by atoms with E-state index in [2.05, 4.69) is 15.9 Å². The van der Waals surface area contributed by atoms with E-state index in [9.17, 15) is 14.5 Å². The average molecular weight is 356 g/mol. The molecule has 0 aliphatic rings. The van der Waals surface area contributed by atoms with E-state index in [1.807, 2.05) is 0 Å². The monoisotopic (exact) mass is 355 g/mol. The minimum absolute atomic E-state index is 0.0851. The van der Waals surface area contributed by atoms with E-state index in [1.165, 1.54) is 25.3 Å². The Morgan fingerprint density at radius 3 is 2.76 bits per heavy atom. The van der Waals surface area contributed by atoms with Crippen LogP contribution in [0.25, 0.3) is 0 Å². The van der Waals surface area contributed by atoms with Crippen LogP contribution in [0, 0.1) is 15.9 Å². The number of hydrogen-bond acceptors (Lipinski definition) is 4. The Morgan fingerprint density at radius 2 is 2.10 bits per heavy atom. The van der Waals surface area contributed by atoms with Crippen LogP contribution in [-0.4, -0.2) is 12.0 Å². The van der Waals surface area contributed by atoms with Gasteiger partial charge in [-0.3, -0.25) is 10.1 Å². The molecule has 7 heteroatoms. The van der Waals surface area contributed by atoms with E-state index >= 15 is 0 Å². The molecule has 0 spiro atoms. The van der Waals surface area contributed by atoms with Crippen LogP contribution in [0.4, 0.5) is 10.1 Å². The molecule has 0 aliphatic carbocycles. The van der Waals surface area contributed by atoms with Crippen molar-refractivity contribution in [2.45, 2.75) is 6.61 Å². The van der Waals surface area contributed by atoms with Crippen molar-refractivity contribution >= 4 is 21.6 Å². The van der Waals surface area contributed by atoms with Crippen LogP contribution in [0.5, 0.6) is 11.5 Å². The number of benzene rings is 2. The van der Waals surface area contributed by atoms with Crippen LogP contribution in [0.1, 0.15) is 5.56 Å². The zero-order chi connectivity index (χ0) is 15.4. The van der Waals surface area contributed by atoms with E-state index in [0.717, 1.165) is 0 Å². The van der Waals surface area contributed by atoms with Gasteiger partial charge >= 0.3 is 5.69 Å². The maximum absolute atomic E-state index is 13.4. The molecule has 110 valence electrons. The highest BCUT2D eigenvalue weighted by molar-refractivity contribution is 9.10. The number of halogens is 2. The normalized spacial score (nSPS) is 10.2. The number of methoxy groups -OCH3 is 1. The molecule has 0 aliphatic heterocycles. The number of nitrogens with zero attached hydrogens (tertiary/aromatic N) is 1. The predicted octanol–water partition coefficient (Wildman–Crippen LogP) is 4.08. The Morgan fingerprint density at radius 1 is 1.33 bits per heavy atom. The van der Waals surface area contributed by atoms with Gasteiger partial charge in [0.15, 0.2) is 5.75 Å². The lowest BCUT2D eigenvalue weighted by molar-refractivity contribution is -0.385. The Balaban J connectivity index is 2.19. The fourth-order valence-electron chi connectivity index (χ4n) is 1.72. The Labute approximate surface area is 128 Å². The third-order valence-corrected chi connectivity index (χ3v) is 3.66. The molecule has 0 unspecified atom stereocenters. The SMILES string of the molecule is COc1ccc(OCc2cccc(F)c2Br)cc1[N+](=O)[O-]. The summed E-state index contributed by atoms with van der Waals surface area (Å²) < 4.78 is 24.0. The fourth-order valence-corrected chi connectivity index (χ4v) is 2.10. The van der Waals surface area contributed by atoms with Crippen molar-refractivity contribution in [1.82, 2.24) is 0 Å². The second kappa shape index (κ2) is 6.53. The molecular formula is C14H11BrFNO4. The number of rotatable bonds is 5. The molecule has 0 N–H and O–H groups in total. The molecule has 0 radical (unpaired) electrons. The smallest absolute Gasteiger partial charge is 0.314 e. The molecule has 0 saturated carbocycles. The Kier molecular flexibility index (Phi) is 4.74. The molecule has 0 fully saturated rings. The first-order chi connectivity index (χ1) is 10.0. The highest BCUT2D eigenvalue weighted by atomic mass is 79.9. The highest BCUT2D eigenvalue weighted by Crippen LogP contribution is 2.31. The summed E-state index contributed by atoms with van der Waals surface area (Å²) in [6, 6.07) is 8.87. The molecule has 0 bridgehead atoms. The third-order valence-electron chi connectivity index (χ3n) is 2.77. The maximum atomic E-state index is 13.4. The number of ether oxygens (including phenoxy) is 2. The van der Waals surface area contributed by atoms with Gasteiger partial charge in [0.2, 0.25) is 0 Å². The highest BCUT2D eigenvalue weighted by Gasteiger charge is 2.16. The van der Waals surface area contributed by atoms with Crippen molar-refractivity contribution in [3.05, 3.63) is 62.4 Å². The van der Waals surface area contributed by atoms with Gasteiger partial charge < -0.3 is 9.47 Å². The summed E-state index contributed by atoms with van der Waals surface area (Å²) >= 11 is 3.13. The van der Waals surface area contributed by atoms with Gasteiger partial charge in [-0.15, -0.1) is 0 Å². The Hall–Kier alpha value is -2.15. The Bertz CT molecular complexity index is 678. The van der Waals surface area contributed by atoms with E-state index in [4.69, 9.17) is 9.47 Å². The quantitative estimate of drug-likeness (QED) is 0.598. The summed E-state index contributed by atoms with van der Waals surface area (Å²) in [5.41, 5.74) is 0.418. The molecule has 0 heterocycles. The maximum Gasteiger partial charge on any atom is 0.314 e. The minimum Gasteiger partial charge on any atom is -0.490 e. The topological polar surface area (TPSA) is 61.6 Å². The first-order valence-electron chi connectivity index (χ1n) is 5.91. The van der Waals surface area contributed by atoms with Gasteiger partial charge in [-0.1, -0.05) is 12.1 Å². The van der Waals surface area contributed by atoms with Gasteiger partial charge in [0, 0.05) is 5.56 Å². The van der Waals surface area contributed by atoms with E-state index in [1.54, 1.807) is 18.2 Å². The number of nitro groups is 1. The molecule has 0 atom stereocenters. The summed E-state index contributed by atoms with van der Waals surface area (Å²) in [5.74, 6) is 0.0646. The summed E-state index contributed by atoms with van der Waals surface area (Å²) in [5, 5.41) is 10.9. The van der Waals surface area contributed by atoms with Crippen molar-refractivity contribution in [3.8, 4) is 11.5 Å². The van der Waals surface area contributed by atoms with Crippen LogP contribution in [0.2, 0.25) is 0 Å². The molecule has 0 aromatic heterocycles. The molecule has 0 saturated heterocycles. The van der Waals surface area contributed by atoms with Crippen molar-refractivity contribution in [1.29, 1.82) is 0 Å². The second-order valence-corrected chi connectivity index (χ2v) is 4.89. The molecule has 5 nitrogen and oxygen atoms in total. The fraction of sp³-hybridized carbons (Fsp3) is 0.143. The van der Waals surface area contributed by atoms with Crippen LogP contribution >= 0.6 is 15.9 Å². The van der Waals surface area contributed by atoms with Gasteiger partial charge in [0.1, 0.15) is 18.2 Å². The molecule has 0 amide bonds. The third kappa shape index (κ3) is 3.49. The lowest BCUT2D eigenvalue weighted by atomic mass is 10.2. The largest absolute Gasteiger partial charge is 0.490 e. The van der Waals surface area contributed by atoms with Crippen molar-refractivity contribution in [2.24, 2.45) is 0 Å². The van der Waals surface area contributed by atoms with Crippen molar-refractivity contribution in [3.63, 3.8) is 0 Å². The van der Waals surface area contributed by atoms with Gasteiger partial charge in [-0.05, 0) is 34.1 Å². The van der Waals surface area contributed by atoms with Gasteiger partial charge in [0.05, 0.1) is 22.6 Å². The van der Waals surface area contributed by atoms with Crippen molar-refractivity contribution < 1.29 is 18.8 Å². The standard InChI is InChI=1S/C14H11BrFNO4/c1-20-13-6-5-10(7-12(13)17(18)19)21-8-9-3-2-4-11(16)14(9)15/h2-7H,8H2,1H3. The summed E-state index contributed by atoms with van der Waals surface area (Å²) in [7, 11) is 1.35. The molecule has 21 heavy (non-hydrogen) atoms. The molecule has 2 rings (SSSR count). The van der Waals surface area contributed by atoms with Crippen LogP contribution in [-0.2, 0) is 6.61 Å². The van der Waals surface area contributed by atoms with Gasteiger partial charge in [-0.2, -0.15) is 0 Å². The van der Waals surface area contributed by atoms with E-state index in [0.29, 0.717) is 15.8 Å². The molecular weight excluding hydrogens is 345 g/mol. The van der Waals surface area contributed by atoms with Crippen molar-refractivity contribution in [2.75, 3.05) is 7.11 Å². The zero-order valence-electron chi connectivity index (χ0n) is 11.0. The van der Waals surface area contributed by atoms with E-state index < -0.39 is 10.7 Å². The van der Waals surface area contributed by atoms with Gasteiger partial charge in [0.25, 0.3) is 0 Å². The lowest BCUT2D eigenvalue weighted by Gasteiger charge is -2.09. The molecule has 2 aromatic rings. The number of hydrogen-bond donors (Lipinski definition) is 0. The predicted molar refractivity (Wildman–Crippen MR) is 78.1 cm³/mol. The zero-order valence-corrected chi connectivity index (χ0v) is 12.6. The second-order valence-electron chi connectivity index (χ2n) is 4.09. The summed E-state index contributed by atoms with van der Waals surface area (Å²) in [6.45, 7) is 0.0851. The minimum atomic E-state index is -0.552. The van der Waals surface area contributed by atoms with E-state index in [-0.39, 0.29) is 18.0 Å². The lowest BCUT2D eigenvalue weighted by Crippen LogP contribution is -1.99. The van der Waals surface area contributed by atoms with Gasteiger partial charge in [-0.25, -0.2) is 4.39 Å². The number of nitro benzene ring substituents is 1. The summed E-state index contributed by atoms with van der Waals surface area (Å²) in [4.78, 5) is 10.4. The first-order valence-corrected chi connectivity index (χ1v) is 6.70. The van der Waals surface area contributed by atoms with Crippen LogP contribution < -0.4 is 9.47 Å². The van der Waals surface area contributed by atoms with Crippen LogP contribution in [0.3, 0.4) is 0 Å². The molecule has 2 aromatic carbocycles.